The quantitative estimate of drug-likeness (QED) is 0.764. The summed E-state index contributed by atoms with van der Waals surface area (Å²) in [6.45, 7) is 1.38. The summed E-state index contributed by atoms with van der Waals surface area (Å²) >= 11 is 0. The number of aromatic amines is 1. The number of benzene rings is 1. The van der Waals surface area contributed by atoms with Gasteiger partial charge in [-0.15, -0.1) is 0 Å². The Morgan fingerprint density at radius 1 is 1.44 bits per heavy atom. The molecule has 5 heteroatoms. The summed E-state index contributed by atoms with van der Waals surface area (Å²) in [7, 11) is 0. The highest BCUT2D eigenvalue weighted by atomic mass is 16.2. The molecule has 0 bridgehead atoms. The Kier molecular flexibility index (Phi) is 2.68. The van der Waals surface area contributed by atoms with Crippen molar-refractivity contribution < 1.29 is 9.59 Å². The summed E-state index contributed by atoms with van der Waals surface area (Å²) in [5.41, 5.74) is 2.16. The molecule has 2 N–H and O–H groups in total. The van der Waals surface area contributed by atoms with Crippen LogP contribution in [0.4, 0.5) is 5.69 Å². The van der Waals surface area contributed by atoms with Gasteiger partial charge < -0.3 is 10.3 Å². The first-order chi connectivity index (χ1) is 7.66. The van der Waals surface area contributed by atoms with Crippen LogP contribution in [0.3, 0.4) is 0 Å². The minimum absolute atomic E-state index is 0.110. The van der Waals surface area contributed by atoms with Crippen molar-refractivity contribution in [2.24, 2.45) is 0 Å². The van der Waals surface area contributed by atoms with Crippen LogP contribution in [0, 0.1) is 0 Å². The second-order valence-corrected chi connectivity index (χ2v) is 3.53. The van der Waals surface area contributed by atoms with Gasteiger partial charge in [0.1, 0.15) is 11.3 Å². The molecule has 0 saturated carbocycles. The molecule has 1 heterocycles. The van der Waals surface area contributed by atoms with Gasteiger partial charge in [-0.05, 0) is 19.1 Å². The molecule has 1 aromatic heterocycles. The van der Waals surface area contributed by atoms with Crippen molar-refractivity contribution in [1.82, 2.24) is 9.97 Å². The number of hydrogen-bond donors (Lipinski definition) is 2. The summed E-state index contributed by atoms with van der Waals surface area (Å²) in [6.07, 6.45) is 1.45. The molecule has 2 aromatic rings. The number of anilines is 1. The van der Waals surface area contributed by atoms with E-state index in [4.69, 9.17) is 0 Å². The summed E-state index contributed by atoms with van der Waals surface area (Å²) in [5.74, 6) is -0.477. The van der Waals surface area contributed by atoms with Gasteiger partial charge in [-0.1, -0.05) is 6.07 Å². The number of carbonyl (C=O) groups excluding carboxylic acids is 2. The van der Waals surface area contributed by atoms with Gasteiger partial charge in [-0.3, -0.25) is 9.59 Å². The monoisotopic (exact) mass is 217 g/mol. The Balaban J connectivity index is 2.24. The van der Waals surface area contributed by atoms with E-state index in [1.165, 1.54) is 6.92 Å². The molecule has 0 spiro atoms. The van der Waals surface area contributed by atoms with Gasteiger partial charge in [0.05, 0.1) is 24.0 Å². The first-order valence-corrected chi connectivity index (χ1v) is 4.88. The number of H-pyrrole nitrogens is 1. The Morgan fingerprint density at radius 3 is 3.00 bits per heavy atom. The second-order valence-electron chi connectivity index (χ2n) is 3.53. The molecule has 0 aliphatic heterocycles. The highest BCUT2D eigenvalue weighted by Gasteiger charge is 2.08. The Labute approximate surface area is 91.9 Å². The van der Waals surface area contributed by atoms with Gasteiger partial charge >= 0.3 is 0 Å². The maximum absolute atomic E-state index is 11.4. The molecule has 0 unspecified atom stereocenters. The molecule has 0 fully saturated rings. The number of imidazole rings is 1. The number of carbonyl (C=O) groups is 2. The van der Waals surface area contributed by atoms with Crippen LogP contribution in [-0.2, 0) is 9.59 Å². The average molecular weight is 217 g/mol. The zero-order chi connectivity index (χ0) is 11.5. The minimum Gasteiger partial charge on any atom is -0.345 e. The van der Waals surface area contributed by atoms with Crippen molar-refractivity contribution in [3.63, 3.8) is 0 Å². The van der Waals surface area contributed by atoms with E-state index >= 15 is 0 Å². The van der Waals surface area contributed by atoms with Crippen molar-refractivity contribution in [3.8, 4) is 0 Å². The van der Waals surface area contributed by atoms with Crippen LogP contribution in [-0.4, -0.2) is 21.7 Å². The number of Topliss-reactive ketones (excluding diaryl/α,β-unsaturated/α-hetero) is 1. The Morgan fingerprint density at radius 2 is 2.25 bits per heavy atom. The van der Waals surface area contributed by atoms with Gasteiger partial charge in [0, 0.05) is 0 Å². The standard InChI is InChI=1S/C11H11N3O2/c1-7(15)5-10(16)14-9-4-2-3-8-11(9)13-6-12-8/h2-4,6H,5H2,1H3,(H,12,13)(H,14,16). The first-order valence-electron chi connectivity index (χ1n) is 4.88. The molecule has 1 amide bonds. The lowest BCUT2D eigenvalue weighted by atomic mass is 10.2. The van der Waals surface area contributed by atoms with E-state index in [0.717, 1.165) is 5.52 Å². The molecule has 0 saturated heterocycles. The van der Waals surface area contributed by atoms with Crippen molar-refractivity contribution in [3.05, 3.63) is 24.5 Å². The van der Waals surface area contributed by atoms with Gasteiger partial charge in [-0.25, -0.2) is 4.98 Å². The van der Waals surface area contributed by atoms with Crippen LogP contribution in [0.25, 0.3) is 11.0 Å². The van der Waals surface area contributed by atoms with Crippen molar-refractivity contribution in [1.29, 1.82) is 0 Å². The molecule has 5 nitrogen and oxygen atoms in total. The number of nitrogens with zero attached hydrogens (tertiary/aromatic N) is 1. The van der Waals surface area contributed by atoms with Crippen LogP contribution in [0.5, 0.6) is 0 Å². The van der Waals surface area contributed by atoms with E-state index in [1.807, 2.05) is 12.1 Å². The molecule has 16 heavy (non-hydrogen) atoms. The van der Waals surface area contributed by atoms with Crippen LogP contribution in [0.15, 0.2) is 24.5 Å². The largest absolute Gasteiger partial charge is 0.345 e. The molecule has 0 atom stereocenters. The summed E-state index contributed by atoms with van der Waals surface area (Å²) < 4.78 is 0. The Hall–Kier alpha value is -2.17. The van der Waals surface area contributed by atoms with E-state index < -0.39 is 0 Å². The zero-order valence-electron chi connectivity index (χ0n) is 8.78. The van der Waals surface area contributed by atoms with Crippen LogP contribution in [0.2, 0.25) is 0 Å². The topological polar surface area (TPSA) is 74.8 Å². The summed E-state index contributed by atoms with van der Waals surface area (Å²) in [5, 5.41) is 2.66. The number of hydrogen-bond acceptors (Lipinski definition) is 3. The van der Waals surface area contributed by atoms with Crippen molar-refractivity contribution in [2.45, 2.75) is 13.3 Å². The highest BCUT2D eigenvalue weighted by Crippen LogP contribution is 2.19. The maximum Gasteiger partial charge on any atom is 0.231 e. The average Bonchev–Trinajstić information content (AvgIpc) is 2.65. The predicted molar refractivity (Wildman–Crippen MR) is 60.0 cm³/mol. The summed E-state index contributed by atoms with van der Waals surface area (Å²) in [4.78, 5) is 29.2. The molecule has 1 aromatic carbocycles. The number of nitrogens with one attached hydrogen (secondary N) is 2. The second kappa shape index (κ2) is 4.14. The van der Waals surface area contributed by atoms with Crippen molar-refractivity contribution >= 4 is 28.4 Å². The van der Waals surface area contributed by atoms with Gasteiger partial charge in [0.15, 0.2) is 0 Å². The SMILES string of the molecule is CC(=O)CC(=O)Nc1cccc2[nH]cnc12. The highest BCUT2D eigenvalue weighted by molar-refractivity contribution is 6.06. The van der Waals surface area contributed by atoms with E-state index in [1.54, 1.807) is 12.4 Å². The van der Waals surface area contributed by atoms with Crippen LogP contribution >= 0.6 is 0 Å². The fourth-order valence-electron chi connectivity index (χ4n) is 1.49. The predicted octanol–water partition coefficient (Wildman–Crippen LogP) is 1.48. The molecule has 0 aliphatic carbocycles. The number of amides is 1. The number of aromatic nitrogens is 2. The number of para-hydroxylation sites is 1. The lowest BCUT2D eigenvalue weighted by Gasteiger charge is -2.04. The molecule has 2 rings (SSSR count). The lowest BCUT2D eigenvalue weighted by Crippen LogP contribution is -2.14. The third kappa shape index (κ3) is 2.08. The number of ketones is 1. The number of rotatable bonds is 3. The first kappa shape index (κ1) is 10.4. The molecular weight excluding hydrogens is 206 g/mol. The molecule has 0 aliphatic rings. The zero-order valence-corrected chi connectivity index (χ0v) is 8.78. The van der Waals surface area contributed by atoms with E-state index in [0.29, 0.717) is 11.2 Å². The third-order valence-electron chi connectivity index (χ3n) is 2.13. The normalized spacial score (nSPS) is 10.3. The lowest BCUT2D eigenvalue weighted by molar-refractivity contribution is -0.124. The molecule has 0 radical (unpaired) electrons. The van der Waals surface area contributed by atoms with Crippen LogP contribution in [0.1, 0.15) is 13.3 Å². The van der Waals surface area contributed by atoms with Crippen molar-refractivity contribution in [2.75, 3.05) is 5.32 Å². The Bertz CT molecular complexity index is 545. The molecule has 82 valence electrons. The van der Waals surface area contributed by atoms with E-state index in [9.17, 15) is 9.59 Å². The number of fused-ring (bicyclic) bond motifs is 1. The fraction of sp³-hybridized carbons (Fsp3) is 0.182. The van der Waals surface area contributed by atoms with Gasteiger partial charge in [-0.2, -0.15) is 0 Å². The van der Waals surface area contributed by atoms with Crippen LogP contribution < -0.4 is 5.32 Å². The van der Waals surface area contributed by atoms with Gasteiger partial charge in [0.2, 0.25) is 5.91 Å². The summed E-state index contributed by atoms with van der Waals surface area (Å²) in [6, 6.07) is 5.42. The van der Waals surface area contributed by atoms with Gasteiger partial charge in [0.25, 0.3) is 0 Å². The minimum atomic E-state index is -0.317. The van der Waals surface area contributed by atoms with E-state index in [-0.39, 0.29) is 18.1 Å². The smallest absolute Gasteiger partial charge is 0.231 e. The maximum atomic E-state index is 11.4. The third-order valence-corrected chi connectivity index (χ3v) is 2.13. The fourth-order valence-corrected chi connectivity index (χ4v) is 1.49. The molecular formula is C11H11N3O2. The van der Waals surface area contributed by atoms with E-state index in [2.05, 4.69) is 15.3 Å².